The molecule has 0 spiro atoms. The number of nitrogens with one attached hydrogen (secondary N) is 1. The van der Waals surface area contributed by atoms with E-state index in [1.165, 1.54) is 14.0 Å². The number of rotatable bonds is 6. The van der Waals surface area contributed by atoms with E-state index >= 15 is 0 Å². The van der Waals surface area contributed by atoms with E-state index in [1.807, 2.05) is 0 Å². The summed E-state index contributed by atoms with van der Waals surface area (Å²) in [5.74, 6) is -1.41. The third-order valence-corrected chi connectivity index (χ3v) is 2.94. The van der Waals surface area contributed by atoms with Crippen LogP contribution in [0.1, 0.15) is 33.3 Å². The maximum Gasteiger partial charge on any atom is 0.408 e. The van der Waals surface area contributed by atoms with Crippen molar-refractivity contribution >= 4 is 18.0 Å². The predicted molar refractivity (Wildman–Crippen MR) is 88.8 cm³/mol. The van der Waals surface area contributed by atoms with Crippen LogP contribution in [0.3, 0.4) is 0 Å². The molecule has 0 fully saturated rings. The first-order valence-corrected chi connectivity index (χ1v) is 7.60. The van der Waals surface area contributed by atoms with Crippen LogP contribution >= 0.6 is 0 Å². The van der Waals surface area contributed by atoms with Gasteiger partial charge in [0.05, 0.1) is 7.11 Å². The predicted octanol–water partition coefficient (Wildman–Crippen LogP) is 2.14. The average molecular weight is 353 g/mol. The maximum atomic E-state index is 11.8. The molecule has 0 saturated carbocycles. The number of para-hydroxylation sites is 1. The molecule has 2 N–H and O–H groups in total. The lowest BCUT2D eigenvalue weighted by molar-refractivity contribution is -0.139. The van der Waals surface area contributed by atoms with E-state index in [4.69, 9.17) is 14.2 Å². The Morgan fingerprint density at radius 1 is 1.24 bits per heavy atom. The maximum absolute atomic E-state index is 11.8. The first-order valence-electron chi connectivity index (χ1n) is 7.60. The molecular formula is C17H23NO7. The Hall–Kier alpha value is -2.77. The molecule has 1 rings (SSSR count). The second kappa shape index (κ2) is 8.36. The monoisotopic (exact) mass is 353 g/mol. The Morgan fingerprint density at radius 3 is 2.36 bits per heavy atom. The molecule has 0 radical (unpaired) electrons. The molecule has 138 valence electrons. The summed E-state index contributed by atoms with van der Waals surface area (Å²) in [5, 5.41) is 11.7. The van der Waals surface area contributed by atoms with Crippen molar-refractivity contribution in [1.82, 2.24) is 5.32 Å². The van der Waals surface area contributed by atoms with Gasteiger partial charge in [-0.3, -0.25) is 4.79 Å². The van der Waals surface area contributed by atoms with Crippen LogP contribution in [-0.4, -0.2) is 41.9 Å². The number of hydrogen-bond donors (Lipinski definition) is 2. The highest BCUT2D eigenvalue weighted by molar-refractivity contribution is 5.80. The van der Waals surface area contributed by atoms with E-state index in [2.05, 4.69) is 5.32 Å². The van der Waals surface area contributed by atoms with Gasteiger partial charge in [0.15, 0.2) is 11.5 Å². The molecule has 1 unspecified atom stereocenters. The Kier molecular flexibility index (Phi) is 6.78. The number of alkyl carbamates (subject to hydrolysis) is 1. The van der Waals surface area contributed by atoms with Gasteiger partial charge in [-0.2, -0.15) is 0 Å². The van der Waals surface area contributed by atoms with Crippen LogP contribution in [0.5, 0.6) is 11.5 Å². The summed E-state index contributed by atoms with van der Waals surface area (Å²) >= 11 is 0. The van der Waals surface area contributed by atoms with Crippen molar-refractivity contribution in [3.05, 3.63) is 23.8 Å². The Morgan fingerprint density at radius 2 is 1.88 bits per heavy atom. The lowest BCUT2D eigenvalue weighted by Crippen LogP contribution is -2.44. The lowest BCUT2D eigenvalue weighted by Gasteiger charge is -2.22. The van der Waals surface area contributed by atoms with Crippen LogP contribution in [0.4, 0.5) is 4.79 Å². The highest BCUT2D eigenvalue weighted by atomic mass is 16.6. The minimum Gasteiger partial charge on any atom is -0.493 e. The first kappa shape index (κ1) is 20.3. The zero-order valence-electron chi connectivity index (χ0n) is 14.9. The third kappa shape index (κ3) is 6.70. The molecule has 0 aliphatic rings. The van der Waals surface area contributed by atoms with Gasteiger partial charge in [0.25, 0.3) is 0 Å². The van der Waals surface area contributed by atoms with Crippen LogP contribution in [0, 0.1) is 0 Å². The standard InChI is InChI=1S/C17H23NO7/c1-10(19)24-14-11(7-6-8-13(14)23-5)9-12(15(20)21)18-16(22)25-17(2,3)4/h6-8,12H,9H2,1-5H3,(H,18,22)(H,20,21). The van der Waals surface area contributed by atoms with Gasteiger partial charge < -0.3 is 24.6 Å². The van der Waals surface area contributed by atoms with Gasteiger partial charge in [-0.1, -0.05) is 12.1 Å². The lowest BCUT2D eigenvalue weighted by atomic mass is 10.0. The minimum atomic E-state index is -1.27. The zero-order chi connectivity index (χ0) is 19.2. The SMILES string of the molecule is COc1cccc(CC(NC(=O)OC(C)(C)C)C(=O)O)c1OC(C)=O. The van der Waals surface area contributed by atoms with Crippen LogP contribution in [-0.2, 0) is 20.7 Å². The van der Waals surface area contributed by atoms with E-state index < -0.39 is 29.7 Å². The van der Waals surface area contributed by atoms with Gasteiger partial charge in [0.2, 0.25) is 0 Å². The number of benzene rings is 1. The second-order valence-electron chi connectivity index (χ2n) is 6.28. The quantitative estimate of drug-likeness (QED) is 0.595. The fourth-order valence-electron chi connectivity index (χ4n) is 2.01. The molecule has 1 aromatic rings. The first-order chi connectivity index (χ1) is 11.5. The van der Waals surface area contributed by atoms with Crippen LogP contribution < -0.4 is 14.8 Å². The number of aliphatic carboxylic acids is 1. The number of carboxylic acids is 1. The van der Waals surface area contributed by atoms with Crippen molar-refractivity contribution in [3.8, 4) is 11.5 Å². The molecular weight excluding hydrogens is 330 g/mol. The topological polar surface area (TPSA) is 111 Å². The summed E-state index contributed by atoms with van der Waals surface area (Å²) in [6.07, 6.45) is -0.967. The summed E-state index contributed by atoms with van der Waals surface area (Å²) in [6, 6.07) is 3.54. The molecule has 8 heteroatoms. The zero-order valence-corrected chi connectivity index (χ0v) is 14.9. The van der Waals surface area contributed by atoms with Crippen molar-refractivity contribution in [2.24, 2.45) is 0 Å². The Labute approximate surface area is 146 Å². The highest BCUT2D eigenvalue weighted by Crippen LogP contribution is 2.32. The molecule has 0 heterocycles. The van der Waals surface area contributed by atoms with E-state index in [1.54, 1.807) is 39.0 Å². The fraction of sp³-hybridized carbons (Fsp3) is 0.471. The number of methoxy groups -OCH3 is 1. The molecule has 1 atom stereocenters. The van der Waals surface area contributed by atoms with Crippen molar-refractivity contribution < 1.29 is 33.7 Å². The van der Waals surface area contributed by atoms with Gasteiger partial charge in [0.1, 0.15) is 11.6 Å². The number of carbonyl (C=O) groups excluding carboxylic acids is 2. The Balaban J connectivity index is 3.04. The number of ether oxygens (including phenoxy) is 3. The van der Waals surface area contributed by atoms with Crippen LogP contribution in [0.2, 0.25) is 0 Å². The molecule has 0 aromatic heterocycles. The van der Waals surface area contributed by atoms with E-state index in [9.17, 15) is 19.5 Å². The van der Waals surface area contributed by atoms with Gasteiger partial charge >= 0.3 is 18.0 Å². The van der Waals surface area contributed by atoms with E-state index in [0.29, 0.717) is 5.56 Å². The normalized spacial score (nSPS) is 12.0. The van der Waals surface area contributed by atoms with Crippen LogP contribution in [0.25, 0.3) is 0 Å². The smallest absolute Gasteiger partial charge is 0.408 e. The molecule has 25 heavy (non-hydrogen) atoms. The van der Waals surface area contributed by atoms with Gasteiger partial charge in [-0.25, -0.2) is 9.59 Å². The van der Waals surface area contributed by atoms with Crippen molar-refractivity contribution in [2.75, 3.05) is 7.11 Å². The number of carboxylic acid groups (broad SMARTS) is 1. The molecule has 8 nitrogen and oxygen atoms in total. The average Bonchev–Trinajstić information content (AvgIpc) is 2.45. The molecule has 0 saturated heterocycles. The van der Waals surface area contributed by atoms with Gasteiger partial charge in [-0.05, 0) is 26.8 Å². The fourth-order valence-corrected chi connectivity index (χ4v) is 2.01. The van der Waals surface area contributed by atoms with Crippen molar-refractivity contribution in [1.29, 1.82) is 0 Å². The Bertz CT molecular complexity index is 649. The number of amides is 1. The summed E-state index contributed by atoms with van der Waals surface area (Å²) in [6.45, 7) is 6.24. The number of hydrogen-bond acceptors (Lipinski definition) is 6. The second-order valence-corrected chi connectivity index (χ2v) is 6.28. The summed E-state index contributed by atoms with van der Waals surface area (Å²) in [4.78, 5) is 34.6. The molecule has 1 aromatic carbocycles. The molecule has 1 amide bonds. The van der Waals surface area contributed by atoms with Crippen molar-refractivity contribution in [2.45, 2.75) is 45.8 Å². The summed E-state index contributed by atoms with van der Waals surface area (Å²) in [7, 11) is 1.40. The summed E-state index contributed by atoms with van der Waals surface area (Å²) < 4.78 is 15.3. The largest absolute Gasteiger partial charge is 0.493 e. The molecule has 0 aliphatic heterocycles. The number of carbonyl (C=O) groups is 3. The van der Waals surface area contributed by atoms with Gasteiger partial charge in [0, 0.05) is 18.9 Å². The molecule has 0 aliphatic carbocycles. The molecule has 0 bridgehead atoms. The minimum absolute atomic E-state index is 0.117. The third-order valence-electron chi connectivity index (χ3n) is 2.94. The van der Waals surface area contributed by atoms with E-state index in [-0.39, 0.29) is 17.9 Å². The van der Waals surface area contributed by atoms with Gasteiger partial charge in [-0.15, -0.1) is 0 Å². The number of esters is 1. The van der Waals surface area contributed by atoms with Crippen molar-refractivity contribution in [3.63, 3.8) is 0 Å². The highest BCUT2D eigenvalue weighted by Gasteiger charge is 2.26. The summed E-state index contributed by atoms with van der Waals surface area (Å²) in [5.41, 5.74) is -0.357. The van der Waals surface area contributed by atoms with Crippen LogP contribution in [0.15, 0.2) is 18.2 Å². The van der Waals surface area contributed by atoms with E-state index in [0.717, 1.165) is 0 Å².